The van der Waals surface area contributed by atoms with Gasteiger partial charge in [-0.15, -0.1) is 0 Å². The third-order valence-corrected chi connectivity index (χ3v) is 2.74. The largest absolute Gasteiger partial charge is 0.386 e. The molecule has 2 aromatic rings. The summed E-state index contributed by atoms with van der Waals surface area (Å²) in [5, 5.41) is 15.0. The minimum atomic E-state index is -1.38. The molecule has 0 bridgehead atoms. The molecule has 1 heterocycles. The summed E-state index contributed by atoms with van der Waals surface area (Å²) < 4.78 is 0. The Morgan fingerprint density at radius 3 is 2.25 bits per heavy atom. The number of amides is 3. The summed E-state index contributed by atoms with van der Waals surface area (Å²) in [4.78, 5) is 37.2. The fourth-order valence-electron chi connectivity index (χ4n) is 1.62. The number of aryl methyl sites for hydroxylation is 1. The van der Waals surface area contributed by atoms with Gasteiger partial charge in [-0.25, -0.2) is 14.7 Å². The van der Waals surface area contributed by atoms with E-state index in [0.29, 0.717) is 6.54 Å². The van der Waals surface area contributed by atoms with Crippen LogP contribution >= 0.6 is 0 Å². The second kappa shape index (κ2) is 9.73. The Bertz CT molecular complexity index is 702. The second-order valence-corrected chi connectivity index (χ2v) is 4.65. The van der Waals surface area contributed by atoms with Crippen molar-refractivity contribution in [3.8, 4) is 0 Å². The van der Waals surface area contributed by atoms with Crippen LogP contribution in [0.1, 0.15) is 33.3 Å². The van der Waals surface area contributed by atoms with Gasteiger partial charge in [0.15, 0.2) is 0 Å². The van der Waals surface area contributed by atoms with Crippen molar-refractivity contribution >= 4 is 17.9 Å². The molecule has 0 unspecified atom stereocenters. The number of pyridine rings is 1. The van der Waals surface area contributed by atoms with Crippen LogP contribution in [0.15, 0.2) is 48.7 Å². The lowest BCUT2D eigenvalue weighted by Gasteiger charge is -2.04. The molecule has 0 saturated heterocycles. The van der Waals surface area contributed by atoms with E-state index in [1.807, 2.05) is 25.1 Å². The molecule has 7 heteroatoms. The van der Waals surface area contributed by atoms with E-state index in [2.05, 4.69) is 15.6 Å². The lowest BCUT2D eigenvalue weighted by Crippen LogP contribution is -2.39. The minimum Gasteiger partial charge on any atom is -0.338 e. The number of nitrogens with one attached hydrogen (secondary N) is 2. The number of hydrogen-bond acceptors (Lipinski definition) is 4. The molecule has 3 amide bonds. The van der Waals surface area contributed by atoms with Gasteiger partial charge in [0.25, 0.3) is 5.91 Å². The Hall–Kier alpha value is -3.22. The van der Waals surface area contributed by atoms with Gasteiger partial charge in [0, 0.05) is 24.0 Å². The molecule has 2 N–H and O–H groups in total. The molecule has 24 heavy (non-hydrogen) atoms. The van der Waals surface area contributed by atoms with Gasteiger partial charge in [-0.3, -0.25) is 15.1 Å². The number of urea groups is 1. The first-order valence-corrected chi connectivity index (χ1v) is 7.22. The fraction of sp³-hybridized carbons (Fsp3) is 0.176. The molecule has 1 aromatic heterocycles. The Morgan fingerprint density at radius 1 is 1.04 bits per heavy atom. The van der Waals surface area contributed by atoms with Gasteiger partial charge in [-0.1, -0.05) is 12.1 Å². The molecule has 0 saturated carbocycles. The zero-order chi connectivity index (χ0) is 17.9. The first kappa shape index (κ1) is 18.8. The number of aromatic nitrogens is 1. The molecular formula is C17H18N3O4. The van der Waals surface area contributed by atoms with Crippen molar-refractivity contribution in [2.75, 3.05) is 6.54 Å². The maximum absolute atomic E-state index is 11.5. The van der Waals surface area contributed by atoms with Gasteiger partial charge in [0.1, 0.15) is 0 Å². The molecule has 0 aliphatic heterocycles. The van der Waals surface area contributed by atoms with Crippen LogP contribution < -0.4 is 10.6 Å². The van der Waals surface area contributed by atoms with Crippen LogP contribution in [0.5, 0.6) is 0 Å². The van der Waals surface area contributed by atoms with Crippen LogP contribution in [0.3, 0.4) is 0 Å². The monoisotopic (exact) mass is 328 g/mol. The molecule has 7 nitrogen and oxygen atoms in total. The predicted octanol–water partition coefficient (Wildman–Crippen LogP) is 2.11. The van der Waals surface area contributed by atoms with Gasteiger partial charge in [-0.2, -0.15) is 0 Å². The van der Waals surface area contributed by atoms with Crippen LogP contribution in [-0.4, -0.2) is 29.4 Å². The number of nitrogens with zero attached hydrogens (tertiary/aromatic N) is 1. The first-order chi connectivity index (χ1) is 11.4. The summed E-state index contributed by atoms with van der Waals surface area (Å²) in [5.74, 6) is -2.04. The SMILES string of the molecule is CCNC(=O)NC(=O)c1cccc(C([O])=O)c1.Cc1ccccn1. The number of hydrogen-bond donors (Lipinski definition) is 2. The molecule has 1 aromatic carbocycles. The van der Waals surface area contributed by atoms with Gasteiger partial charge in [0.2, 0.25) is 0 Å². The summed E-state index contributed by atoms with van der Waals surface area (Å²) in [6, 6.07) is 10.5. The van der Waals surface area contributed by atoms with Crippen LogP contribution in [0.4, 0.5) is 4.79 Å². The van der Waals surface area contributed by atoms with E-state index >= 15 is 0 Å². The Morgan fingerprint density at radius 2 is 1.75 bits per heavy atom. The molecule has 125 valence electrons. The quantitative estimate of drug-likeness (QED) is 0.899. The standard InChI is InChI=1S/C11H11N2O4.C6H7N/c1-2-12-11(17)13-9(14)7-4-3-5-8(6-7)10(15)16;1-6-4-2-3-5-7-6/h3-6H,2H2,1H3,(H2,12,13,14,17);2-5H,1H3. The molecule has 0 fully saturated rings. The predicted molar refractivity (Wildman–Crippen MR) is 87.0 cm³/mol. The van der Waals surface area contributed by atoms with Crippen molar-refractivity contribution in [2.24, 2.45) is 0 Å². The maximum Gasteiger partial charge on any atom is 0.386 e. The topological polar surface area (TPSA) is 108 Å². The van der Waals surface area contributed by atoms with E-state index in [4.69, 9.17) is 0 Å². The number of rotatable bonds is 3. The zero-order valence-electron chi connectivity index (χ0n) is 13.4. The number of carbonyl (C=O) groups is 3. The van der Waals surface area contributed by atoms with E-state index in [9.17, 15) is 19.5 Å². The van der Waals surface area contributed by atoms with E-state index in [1.54, 1.807) is 13.1 Å². The van der Waals surface area contributed by atoms with Crippen molar-refractivity contribution in [1.29, 1.82) is 0 Å². The molecule has 0 aliphatic carbocycles. The summed E-state index contributed by atoms with van der Waals surface area (Å²) in [6.45, 7) is 4.07. The lowest BCUT2D eigenvalue weighted by atomic mass is 10.1. The van der Waals surface area contributed by atoms with Crippen LogP contribution in [-0.2, 0) is 5.11 Å². The van der Waals surface area contributed by atoms with Gasteiger partial charge >= 0.3 is 12.0 Å². The Balaban J connectivity index is 0.000000341. The van der Waals surface area contributed by atoms with E-state index in [-0.39, 0.29) is 11.1 Å². The molecule has 0 spiro atoms. The minimum absolute atomic E-state index is 0.0814. The second-order valence-electron chi connectivity index (χ2n) is 4.65. The third kappa shape index (κ3) is 6.69. The molecule has 2 rings (SSSR count). The van der Waals surface area contributed by atoms with Crippen LogP contribution in [0, 0.1) is 6.92 Å². The Labute approximate surface area is 139 Å². The number of imide groups is 1. The van der Waals surface area contributed by atoms with Crippen molar-refractivity contribution in [3.63, 3.8) is 0 Å². The van der Waals surface area contributed by atoms with Crippen molar-refractivity contribution < 1.29 is 19.5 Å². The third-order valence-electron chi connectivity index (χ3n) is 2.74. The van der Waals surface area contributed by atoms with Gasteiger partial charge in [-0.05, 0) is 44.2 Å². The summed E-state index contributed by atoms with van der Waals surface area (Å²) >= 11 is 0. The molecule has 0 aliphatic rings. The summed E-state index contributed by atoms with van der Waals surface area (Å²) in [5.41, 5.74) is 1.04. The van der Waals surface area contributed by atoms with E-state index in [1.165, 1.54) is 18.2 Å². The zero-order valence-corrected chi connectivity index (χ0v) is 13.4. The summed E-state index contributed by atoms with van der Waals surface area (Å²) in [6.07, 6.45) is 1.79. The highest BCUT2D eigenvalue weighted by Gasteiger charge is 2.12. The van der Waals surface area contributed by atoms with Crippen molar-refractivity contribution in [3.05, 3.63) is 65.5 Å². The number of carbonyl (C=O) groups excluding carboxylic acids is 3. The molecule has 1 radical (unpaired) electrons. The Kier molecular flexibility index (Phi) is 7.63. The van der Waals surface area contributed by atoms with Crippen molar-refractivity contribution in [2.45, 2.75) is 13.8 Å². The highest BCUT2D eigenvalue weighted by atomic mass is 16.4. The number of benzene rings is 1. The molecule has 0 atom stereocenters. The molecular weight excluding hydrogens is 310 g/mol. The summed E-state index contributed by atoms with van der Waals surface area (Å²) in [7, 11) is 0. The van der Waals surface area contributed by atoms with Crippen molar-refractivity contribution in [1.82, 2.24) is 15.6 Å². The van der Waals surface area contributed by atoms with Crippen LogP contribution in [0.2, 0.25) is 0 Å². The highest BCUT2D eigenvalue weighted by molar-refractivity contribution is 6.05. The average Bonchev–Trinajstić information content (AvgIpc) is 2.56. The van der Waals surface area contributed by atoms with E-state index in [0.717, 1.165) is 11.8 Å². The average molecular weight is 328 g/mol. The van der Waals surface area contributed by atoms with Gasteiger partial charge in [0.05, 0.1) is 5.56 Å². The van der Waals surface area contributed by atoms with Crippen LogP contribution in [0.25, 0.3) is 0 Å². The first-order valence-electron chi connectivity index (χ1n) is 7.22. The smallest absolute Gasteiger partial charge is 0.338 e. The maximum atomic E-state index is 11.5. The lowest BCUT2D eigenvalue weighted by molar-refractivity contribution is 0.0573. The van der Waals surface area contributed by atoms with Gasteiger partial charge < -0.3 is 5.32 Å². The normalized spacial score (nSPS) is 9.25. The van der Waals surface area contributed by atoms with E-state index < -0.39 is 17.9 Å². The highest BCUT2D eigenvalue weighted by Crippen LogP contribution is 2.05. The fourth-order valence-corrected chi connectivity index (χ4v) is 1.62.